The van der Waals surface area contributed by atoms with E-state index in [0.29, 0.717) is 12.0 Å². The number of rotatable bonds is 16. The first kappa shape index (κ1) is 32.8. The van der Waals surface area contributed by atoms with Crippen LogP contribution in [0.3, 0.4) is 0 Å². The van der Waals surface area contributed by atoms with E-state index < -0.39 is 43.2 Å². The van der Waals surface area contributed by atoms with Crippen LogP contribution in [0.1, 0.15) is 31.4 Å². The highest BCUT2D eigenvalue weighted by molar-refractivity contribution is 6.33. The Kier molecular flexibility index (Phi) is 12.3. The number of carboxylic acid groups (broad SMARTS) is 1. The number of hydrogen-bond acceptors (Lipinski definition) is 9. The van der Waals surface area contributed by atoms with Gasteiger partial charge in [-0.2, -0.15) is 0 Å². The van der Waals surface area contributed by atoms with Gasteiger partial charge in [-0.3, -0.25) is 24.4 Å². The molecule has 0 unspecified atom stereocenters. The van der Waals surface area contributed by atoms with Gasteiger partial charge < -0.3 is 30.4 Å². The molecule has 13 nitrogen and oxygen atoms in total. The van der Waals surface area contributed by atoms with Crippen LogP contribution in [-0.4, -0.2) is 87.6 Å². The number of hydrazine groups is 1. The largest absolute Gasteiger partial charge is 0.707 e. The SMILES string of the molecule is CC(C)C[C@@H](C(=O)O)N(C(=O)[C@H](Cc1ccc(OB(O)O)cc1)NC(=O)[C@H](Cc1ccccc1)NC=O)N1C=CN=CC1. The van der Waals surface area contributed by atoms with Crippen molar-refractivity contribution in [3.05, 3.63) is 78.1 Å². The molecular formula is C29H36BN5O8. The number of nitrogens with one attached hydrogen (secondary N) is 2. The quantitative estimate of drug-likeness (QED) is 0.137. The van der Waals surface area contributed by atoms with E-state index in [0.717, 1.165) is 10.6 Å². The number of hydrogen-bond donors (Lipinski definition) is 5. The lowest BCUT2D eigenvalue weighted by Gasteiger charge is -2.40. The van der Waals surface area contributed by atoms with Crippen LogP contribution in [0.15, 0.2) is 72.0 Å². The number of carboxylic acids is 1. The Morgan fingerprint density at radius 1 is 1.05 bits per heavy atom. The molecule has 3 amide bonds. The summed E-state index contributed by atoms with van der Waals surface area (Å²) in [6.45, 7) is 3.82. The van der Waals surface area contributed by atoms with Gasteiger partial charge in [0.2, 0.25) is 12.3 Å². The zero-order chi connectivity index (χ0) is 31.4. The topological polar surface area (TPSA) is 181 Å². The van der Waals surface area contributed by atoms with Crippen LogP contribution in [0.2, 0.25) is 0 Å². The van der Waals surface area contributed by atoms with Crippen LogP contribution in [0.4, 0.5) is 0 Å². The number of carbonyl (C=O) groups is 4. The third-order valence-electron chi connectivity index (χ3n) is 6.56. The molecule has 43 heavy (non-hydrogen) atoms. The monoisotopic (exact) mass is 593 g/mol. The molecule has 3 atom stereocenters. The van der Waals surface area contributed by atoms with E-state index in [1.165, 1.54) is 35.8 Å². The van der Waals surface area contributed by atoms with Gasteiger partial charge in [0, 0.05) is 31.5 Å². The fourth-order valence-electron chi connectivity index (χ4n) is 4.59. The van der Waals surface area contributed by atoms with Crippen LogP contribution in [0.5, 0.6) is 5.75 Å². The van der Waals surface area contributed by atoms with Crippen molar-refractivity contribution in [1.29, 1.82) is 0 Å². The molecule has 2 aromatic carbocycles. The van der Waals surface area contributed by atoms with Gasteiger partial charge in [0.15, 0.2) is 6.04 Å². The summed E-state index contributed by atoms with van der Waals surface area (Å²) in [7, 11) is -2.02. The first-order valence-corrected chi connectivity index (χ1v) is 13.8. The highest BCUT2D eigenvalue weighted by atomic mass is 16.6. The maximum absolute atomic E-state index is 14.3. The van der Waals surface area contributed by atoms with Gasteiger partial charge in [0.1, 0.15) is 17.8 Å². The summed E-state index contributed by atoms with van der Waals surface area (Å²) in [5, 5.41) is 36.2. The molecule has 228 valence electrons. The minimum Gasteiger partial charge on any atom is -0.512 e. The standard InChI is InChI=1S/C29H36BN5O8/c1-20(2)16-26(29(39)40)35(34-14-12-31-13-15-34)28(38)25(18-22-8-10-23(11-9-22)43-30(41)42)33-27(37)24(32-19-36)17-21-6-4-3-5-7-21/h3-14,19-20,24-26,41-42H,15-18H2,1-2H3,(H,32,36)(H,33,37)(H,39,40)/t24-,25-,26-/m0/s1. The average molecular weight is 593 g/mol. The Hall–Kier alpha value is -4.69. The van der Waals surface area contributed by atoms with Crippen molar-refractivity contribution in [2.45, 2.75) is 51.2 Å². The van der Waals surface area contributed by atoms with E-state index in [1.807, 2.05) is 19.9 Å². The van der Waals surface area contributed by atoms with Crippen LogP contribution < -0.4 is 15.3 Å². The van der Waals surface area contributed by atoms with E-state index in [2.05, 4.69) is 15.6 Å². The molecule has 1 aliphatic heterocycles. The lowest BCUT2D eigenvalue weighted by Crippen LogP contribution is -2.61. The molecule has 0 aromatic heterocycles. The second-order valence-corrected chi connectivity index (χ2v) is 10.3. The number of nitrogens with zero attached hydrogens (tertiary/aromatic N) is 3. The van der Waals surface area contributed by atoms with E-state index in [4.69, 9.17) is 14.7 Å². The predicted octanol–water partition coefficient (Wildman–Crippen LogP) is 0.520. The van der Waals surface area contributed by atoms with Gasteiger partial charge in [-0.25, -0.2) is 9.80 Å². The predicted molar refractivity (Wildman–Crippen MR) is 158 cm³/mol. The Balaban J connectivity index is 1.98. The number of carbonyl (C=O) groups excluding carboxylic acids is 3. The molecule has 2 aromatic rings. The lowest BCUT2D eigenvalue weighted by molar-refractivity contribution is -0.166. The van der Waals surface area contributed by atoms with Crippen molar-refractivity contribution in [2.75, 3.05) is 6.54 Å². The Labute approximate surface area is 250 Å². The van der Waals surface area contributed by atoms with Crippen molar-refractivity contribution in [1.82, 2.24) is 20.7 Å². The zero-order valence-corrected chi connectivity index (χ0v) is 23.9. The number of benzene rings is 2. The zero-order valence-electron chi connectivity index (χ0n) is 23.9. The van der Waals surface area contributed by atoms with E-state index in [-0.39, 0.29) is 37.5 Å². The van der Waals surface area contributed by atoms with E-state index in [1.54, 1.807) is 36.4 Å². The summed E-state index contributed by atoms with van der Waals surface area (Å²) in [4.78, 5) is 55.8. The molecule has 3 rings (SSSR count). The molecule has 5 N–H and O–H groups in total. The van der Waals surface area contributed by atoms with Gasteiger partial charge in [-0.05, 0) is 35.6 Å². The lowest BCUT2D eigenvalue weighted by atomic mass is 9.99. The van der Waals surface area contributed by atoms with Crippen molar-refractivity contribution in [2.24, 2.45) is 10.9 Å². The second kappa shape index (κ2) is 16.1. The van der Waals surface area contributed by atoms with Crippen LogP contribution in [0.25, 0.3) is 0 Å². The molecule has 0 aliphatic carbocycles. The summed E-state index contributed by atoms with van der Waals surface area (Å²) in [6.07, 6.45) is 5.10. The third kappa shape index (κ3) is 9.97. The van der Waals surface area contributed by atoms with Gasteiger partial charge >= 0.3 is 13.3 Å². The fraction of sp³-hybridized carbons (Fsp3) is 0.345. The Morgan fingerprint density at radius 3 is 2.26 bits per heavy atom. The number of aliphatic imine (C=N–C) groups is 1. The van der Waals surface area contributed by atoms with Crippen molar-refractivity contribution < 1.29 is 39.0 Å². The van der Waals surface area contributed by atoms with Gasteiger partial charge in [-0.1, -0.05) is 56.3 Å². The number of aliphatic carboxylic acids is 1. The number of amides is 3. The fourth-order valence-corrected chi connectivity index (χ4v) is 4.59. The normalized spacial score (nSPS) is 14.4. The molecule has 0 saturated heterocycles. The van der Waals surface area contributed by atoms with Crippen molar-refractivity contribution in [3.8, 4) is 5.75 Å². The molecule has 1 aliphatic rings. The summed E-state index contributed by atoms with van der Waals surface area (Å²) in [6, 6.07) is 11.6. The van der Waals surface area contributed by atoms with E-state index >= 15 is 0 Å². The first-order valence-electron chi connectivity index (χ1n) is 13.8. The second-order valence-electron chi connectivity index (χ2n) is 10.3. The third-order valence-corrected chi connectivity index (χ3v) is 6.56. The van der Waals surface area contributed by atoms with Crippen LogP contribution in [-0.2, 0) is 32.0 Å². The maximum Gasteiger partial charge on any atom is 0.707 e. The highest BCUT2D eigenvalue weighted by Crippen LogP contribution is 2.20. The molecular weight excluding hydrogens is 557 g/mol. The molecule has 0 radical (unpaired) electrons. The van der Waals surface area contributed by atoms with Crippen LogP contribution in [0, 0.1) is 5.92 Å². The molecule has 0 fully saturated rings. The van der Waals surface area contributed by atoms with Crippen LogP contribution >= 0.6 is 0 Å². The molecule has 14 heteroatoms. The summed E-state index contributed by atoms with van der Waals surface area (Å²) >= 11 is 0. The molecule has 0 bridgehead atoms. The van der Waals surface area contributed by atoms with Crippen molar-refractivity contribution in [3.63, 3.8) is 0 Å². The maximum atomic E-state index is 14.3. The summed E-state index contributed by atoms with van der Waals surface area (Å²) < 4.78 is 4.85. The molecule has 0 saturated carbocycles. The van der Waals surface area contributed by atoms with Gasteiger partial charge in [-0.15, -0.1) is 0 Å². The minimum atomic E-state index is -2.02. The summed E-state index contributed by atoms with van der Waals surface area (Å²) in [5.41, 5.74) is 1.34. The minimum absolute atomic E-state index is 0.0537. The van der Waals surface area contributed by atoms with Gasteiger partial charge in [0.05, 0.1) is 6.54 Å². The Morgan fingerprint density at radius 2 is 1.70 bits per heavy atom. The molecule has 0 spiro atoms. The van der Waals surface area contributed by atoms with E-state index in [9.17, 15) is 24.3 Å². The summed E-state index contributed by atoms with van der Waals surface area (Å²) in [5.74, 6) is -2.45. The van der Waals surface area contributed by atoms with Crippen molar-refractivity contribution >= 4 is 37.7 Å². The Bertz CT molecular complexity index is 1290. The smallest absolute Gasteiger partial charge is 0.512 e. The molecule has 1 heterocycles. The highest BCUT2D eigenvalue weighted by Gasteiger charge is 2.39. The van der Waals surface area contributed by atoms with Gasteiger partial charge in [0.25, 0.3) is 5.91 Å². The first-order chi connectivity index (χ1) is 20.6. The average Bonchev–Trinajstić information content (AvgIpc) is 2.97.